The third kappa shape index (κ3) is 23.5. The van der Waals surface area contributed by atoms with Crippen molar-refractivity contribution in [2.45, 2.75) is 196 Å². The van der Waals surface area contributed by atoms with Crippen molar-refractivity contribution < 1.29 is 33.2 Å². The molecule has 0 aromatic heterocycles. The molecular weight excluding hydrogens is 592 g/mol. The number of hydrogen-bond acceptors (Lipinski definition) is 7. The summed E-state index contributed by atoms with van der Waals surface area (Å²) in [6.45, 7) is 19.4. The van der Waals surface area contributed by atoms with Gasteiger partial charge in [-0.1, -0.05) is 118 Å². The van der Waals surface area contributed by atoms with Gasteiger partial charge in [-0.15, -0.1) is 0 Å². The van der Waals surface area contributed by atoms with E-state index < -0.39 is 0 Å². The van der Waals surface area contributed by atoms with Crippen LogP contribution in [0.3, 0.4) is 0 Å². The molecule has 2 unspecified atom stereocenters. The van der Waals surface area contributed by atoms with Crippen LogP contribution in [0.4, 0.5) is 0 Å². The van der Waals surface area contributed by atoms with Crippen molar-refractivity contribution in [3.05, 3.63) is 23.0 Å². The van der Waals surface area contributed by atoms with Gasteiger partial charge in [-0.05, 0) is 53.4 Å². The molecule has 0 heterocycles. The van der Waals surface area contributed by atoms with Gasteiger partial charge in [0.1, 0.15) is 23.7 Å². The van der Waals surface area contributed by atoms with Crippen molar-refractivity contribution in [2.24, 2.45) is 0 Å². The molecule has 0 radical (unpaired) electrons. The predicted octanol–water partition coefficient (Wildman–Crippen LogP) is 12.1. The molecule has 0 spiro atoms. The minimum absolute atomic E-state index is 0.104. The second kappa shape index (κ2) is 34.4. The summed E-state index contributed by atoms with van der Waals surface area (Å²) in [7, 11) is 0. The van der Waals surface area contributed by atoms with Crippen molar-refractivity contribution in [3.8, 4) is 0 Å². The molecule has 7 heteroatoms. The van der Waals surface area contributed by atoms with E-state index in [2.05, 4.69) is 27.7 Å². The molecule has 0 saturated carbocycles. The lowest BCUT2D eigenvalue weighted by Crippen LogP contribution is -2.24. The van der Waals surface area contributed by atoms with Crippen LogP contribution >= 0.6 is 0 Å². The van der Waals surface area contributed by atoms with Crippen LogP contribution in [0.5, 0.6) is 0 Å². The third-order valence-corrected chi connectivity index (χ3v) is 8.33. The van der Waals surface area contributed by atoms with Gasteiger partial charge in [0.2, 0.25) is 0 Å². The number of hydrogen-bond donors (Lipinski definition) is 0. The van der Waals surface area contributed by atoms with Crippen LogP contribution in [0, 0.1) is 0 Å². The van der Waals surface area contributed by atoms with E-state index in [1.807, 2.05) is 27.7 Å². The summed E-state index contributed by atoms with van der Waals surface area (Å²) < 4.78 is 42.7. The van der Waals surface area contributed by atoms with Gasteiger partial charge in [0.05, 0.1) is 26.4 Å². The molecule has 0 aliphatic rings. The highest BCUT2D eigenvalue weighted by molar-refractivity contribution is 5.08. The summed E-state index contributed by atoms with van der Waals surface area (Å²) in [6.07, 6.45) is 23.3. The molecule has 0 fully saturated rings. The molecule has 280 valence electrons. The topological polar surface area (TPSA) is 64.6 Å². The lowest BCUT2D eigenvalue weighted by molar-refractivity contribution is -0.165. The van der Waals surface area contributed by atoms with Crippen molar-refractivity contribution >= 4 is 0 Å². The Bertz CT molecular complexity index is 676. The lowest BCUT2D eigenvalue weighted by atomic mass is 10.1. The zero-order valence-corrected chi connectivity index (χ0v) is 32.4. The fourth-order valence-electron chi connectivity index (χ4n) is 5.79. The normalized spacial score (nSPS) is 14.0. The smallest absolute Gasteiger partial charge is 0.162 e. The Kier molecular flexibility index (Phi) is 33.4. The van der Waals surface area contributed by atoms with Crippen LogP contribution in [-0.4, -0.2) is 52.2 Å². The highest BCUT2D eigenvalue weighted by Gasteiger charge is 2.23. The first-order chi connectivity index (χ1) is 23.1. The van der Waals surface area contributed by atoms with E-state index in [1.165, 1.54) is 89.9 Å². The van der Waals surface area contributed by atoms with Gasteiger partial charge in [-0.3, -0.25) is 0 Å². The minimum atomic E-state index is -0.234. The third-order valence-electron chi connectivity index (χ3n) is 8.33. The second-order valence-electron chi connectivity index (χ2n) is 12.3. The lowest BCUT2D eigenvalue weighted by Gasteiger charge is -2.25. The van der Waals surface area contributed by atoms with E-state index >= 15 is 0 Å². The molecule has 0 bridgehead atoms. The predicted molar refractivity (Wildman–Crippen MR) is 196 cm³/mol. The second-order valence-corrected chi connectivity index (χ2v) is 12.3. The number of allylic oxidation sites excluding steroid dienone is 2. The Morgan fingerprint density at radius 2 is 0.702 bits per heavy atom. The molecule has 0 aliphatic heterocycles. The zero-order chi connectivity index (χ0) is 34.8. The molecule has 0 saturated heterocycles. The van der Waals surface area contributed by atoms with E-state index in [-0.39, 0.29) is 25.8 Å². The minimum Gasteiger partial charge on any atom is -0.495 e. The number of unbranched alkanes of at least 4 members (excludes halogenated alkanes) is 14. The standard InChI is InChI=1S/C40H78O7/c1-9-17-19-21-23-25-27-29-31-37(42-13-5)39(44-15-7)35(11-3)46-33-41-34-47-36(12-4)40(45-16-8)38(43-14-6)32-30-28-26-24-22-20-18-10-2/h35-36H,9-34H2,1-8H3. The summed E-state index contributed by atoms with van der Waals surface area (Å²) in [4.78, 5) is 0. The highest BCUT2D eigenvalue weighted by atomic mass is 16.7. The summed E-state index contributed by atoms with van der Waals surface area (Å²) in [5.41, 5.74) is 0. The molecule has 0 N–H and O–H groups in total. The molecule has 0 aromatic rings. The van der Waals surface area contributed by atoms with Gasteiger partial charge in [-0.2, -0.15) is 0 Å². The highest BCUT2D eigenvalue weighted by Crippen LogP contribution is 2.25. The van der Waals surface area contributed by atoms with E-state index in [0.29, 0.717) is 26.4 Å². The molecule has 47 heavy (non-hydrogen) atoms. The Morgan fingerprint density at radius 3 is 1.00 bits per heavy atom. The zero-order valence-electron chi connectivity index (χ0n) is 32.4. The Balaban J connectivity index is 5.10. The van der Waals surface area contributed by atoms with Crippen LogP contribution in [-0.2, 0) is 33.2 Å². The Hall–Kier alpha value is -1.44. The molecular formula is C40H78O7. The first kappa shape index (κ1) is 45.6. The number of rotatable bonds is 36. The molecule has 0 aromatic carbocycles. The first-order valence-corrected chi connectivity index (χ1v) is 19.9. The van der Waals surface area contributed by atoms with Gasteiger partial charge in [0.25, 0.3) is 0 Å². The SMILES string of the molecule is CCCCCCCCCCC(OCC)=C(OCC)C(CC)OCOCOC(CC)C(OCC)=C(CCCCCCCCCC)OCC. The fraction of sp³-hybridized carbons (Fsp3) is 0.900. The molecule has 0 rings (SSSR count). The van der Waals surface area contributed by atoms with Crippen molar-refractivity contribution in [1.29, 1.82) is 0 Å². The van der Waals surface area contributed by atoms with Crippen LogP contribution in [0.25, 0.3) is 0 Å². The number of ether oxygens (including phenoxy) is 7. The van der Waals surface area contributed by atoms with Gasteiger partial charge in [-0.25, -0.2) is 0 Å². The van der Waals surface area contributed by atoms with Gasteiger partial charge in [0.15, 0.2) is 25.1 Å². The average molecular weight is 671 g/mol. The summed E-state index contributed by atoms with van der Waals surface area (Å²) in [5, 5.41) is 0. The quantitative estimate of drug-likeness (QED) is 0.0373. The molecule has 7 nitrogen and oxygen atoms in total. The van der Waals surface area contributed by atoms with Crippen molar-refractivity contribution in [1.82, 2.24) is 0 Å². The summed E-state index contributed by atoms with van der Waals surface area (Å²) >= 11 is 0. The molecule has 2 atom stereocenters. The summed E-state index contributed by atoms with van der Waals surface area (Å²) in [6, 6.07) is 0. The van der Waals surface area contributed by atoms with E-state index in [0.717, 1.165) is 61.6 Å². The maximum atomic E-state index is 6.20. The van der Waals surface area contributed by atoms with Crippen molar-refractivity contribution in [3.63, 3.8) is 0 Å². The van der Waals surface area contributed by atoms with Gasteiger partial charge in [0, 0.05) is 12.8 Å². The molecule has 0 aliphatic carbocycles. The Morgan fingerprint density at radius 1 is 0.383 bits per heavy atom. The van der Waals surface area contributed by atoms with Gasteiger partial charge < -0.3 is 33.2 Å². The van der Waals surface area contributed by atoms with Gasteiger partial charge >= 0.3 is 0 Å². The van der Waals surface area contributed by atoms with Crippen LogP contribution in [0.15, 0.2) is 23.0 Å². The Labute approximate surface area is 291 Å². The van der Waals surface area contributed by atoms with E-state index in [1.54, 1.807) is 0 Å². The molecule has 0 amide bonds. The van der Waals surface area contributed by atoms with Crippen molar-refractivity contribution in [2.75, 3.05) is 40.0 Å². The van der Waals surface area contributed by atoms with E-state index in [9.17, 15) is 0 Å². The fourth-order valence-corrected chi connectivity index (χ4v) is 5.79. The maximum Gasteiger partial charge on any atom is 0.162 e. The van der Waals surface area contributed by atoms with Crippen LogP contribution in [0.1, 0.15) is 184 Å². The van der Waals surface area contributed by atoms with E-state index in [4.69, 9.17) is 33.2 Å². The van der Waals surface area contributed by atoms with Crippen LogP contribution in [0.2, 0.25) is 0 Å². The first-order valence-electron chi connectivity index (χ1n) is 19.9. The van der Waals surface area contributed by atoms with Crippen LogP contribution < -0.4 is 0 Å². The maximum absolute atomic E-state index is 6.20. The monoisotopic (exact) mass is 671 g/mol. The largest absolute Gasteiger partial charge is 0.495 e. The summed E-state index contributed by atoms with van der Waals surface area (Å²) in [5.74, 6) is 3.45. The average Bonchev–Trinajstić information content (AvgIpc) is 3.08.